The van der Waals surface area contributed by atoms with Gasteiger partial charge in [0.2, 0.25) is 0 Å². The number of phenols is 3. The molecule has 7 heteroatoms. The van der Waals surface area contributed by atoms with E-state index in [-0.39, 0.29) is 58.8 Å². The Labute approximate surface area is 206 Å². The smallest absolute Gasteiger partial charge is 0.157 e. The molecule has 2 saturated carbocycles. The molecule has 2 aliphatic rings. The molecule has 1 aromatic rings. The molecule has 35 heavy (non-hydrogen) atoms. The van der Waals surface area contributed by atoms with E-state index in [1.54, 1.807) is 6.92 Å². The second-order valence-corrected chi connectivity index (χ2v) is 11.8. The van der Waals surface area contributed by atoms with Crippen LogP contribution < -0.4 is 0 Å². The summed E-state index contributed by atoms with van der Waals surface area (Å²) in [5.41, 5.74) is -1.64. The molecule has 0 aliphatic heterocycles. The van der Waals surface area contributed by atoms with Gasteiger partial charge in [0.25, 0.3) is 0 Å². The Balaban J connectivity index is 2.18. The first-order chi connectivity index (χ1) is 16.2. The van der Waals surface area contributed by atoms with Gasteiger partial charge in [-0.05, 0) is 60.7 Å². The standard InChI is InChI=1S/C28H38O7/c1-14(2)11-19(21-25(34)16(12-29)24(33)17(13-30)26(21)35)28(6)10-9-20(32)23(28)22-18(27(22,4)5)8-7-15(3)31/h12-14,18-19,22-23,33-35H,7-11H2,1-6H3/t18-,19+,22-,23-,28-/m1/s1. The van der Waals surface area contributed by atoms with Gasteiger partial charge in [0, 0.05) is 24.3 Å². The first-order valence-corrected chi connectivity index (χ1v) is 12.5. The molecule has 0 spiro atoms. The Morgan fingerprint density at radius 2 is 1.57 bits per heavy atom. The zero-order valence-electron chi connectivity index (χ0n) is 21.6. The van der Waals surface area contributed by atoms with E-state index in [0.29, 0.717) is 32.1 Å². The van der Waals surface area contributed by atoms with Crippen LogP contribution in [-0.4, -0.2) is 39.5 Å². The van der Waals surface area contributed by atoms with Crippen LogP contribution in [0.3, 0.4) is 0 Å². The summed E-state index contributed by atoms with van der Waals surface area (Å²) in [5.74, 6) is -2.13. The number of Topliss-reactive ketones (excluding diaryl/α,β-unsaturated/α-hetero) is 2. The summed E-state index contributed by atoms with van der Waals surface area (Å²) < 4.78 is 0. The van der Waals surface area contributed by atoms with Crippen molar-refractivity contribution in [2.75, 3.05) is 0 Å². The van der Waals surface area contributed by atoms with Crippen molar-refractivity contribution in [1.82, 2.24) is 0 Å². The molecule has 3 N–H and O–H groups in total. The highest BCUT2D eigenvalue weighted by molar-refractivity contribution is 5.95. The highest BCUT2D eigenvalue weighted by Gasteiger charge is 2.67. The van der Waals surface area contributed by atoms with Crippen molar-refractivity contribution in [3.63, 3.8) is 0 Å². The summed E-state index contributed by atoms with van der Waals surface area (Å²) in [7, 11) is 0. The Morgan fingerprint density at radius 1 is 1.03 bits per heavy atom. The molecule has 3 rings (SSSR count). The maximum Gasteiger partial charge on any atom is 0.157 e. The average Bonchev–Trinajstić information content (AvgIpc) is 3.14. The van der Waals surface area contributed by atoms with E-state index in [4.69, 9.17) is 0 Å². The lowest BCUT2D eigenvalue weighted by molar-refractivity contribution is -0.123. The van der Waals surface area contributed by atoms with Gasteiger partial charge in [-0.25, -0.2) is 0 Å². The van der Waals surface area contributed by atoms with E-state index in [1.807, 2.05) is 20.8 Å². The fourth-order valence-corrected chi connectivity index (χ4v) is 6.94. The van der Waals surface area contributed by atoms with Gasteiger partial charge < -0.3 is 20.1 Å². The van der Waals surface area contributed by atoms with E-state index in [2.05, 4.69) is 13.8 Å². The van der Waals surface area contributed by atoms with E-state index >= 15 is 0 Å². The van der Waals surface area contributed by atoms with E-state index in [0.717, 1.165) is 0 Å². The zero-order valence-corrected chi connectivity index (χ0v) is 21.6. The van der Waals surface area contributed by atoms with Gasteiger partial charge >= 0.3 is 0 Å². The van der Waals surface area contributed by atoms with E-state index in [1.165, 1.54) is 0 Å². The molecule has 7 nitrogen and oxygen atoms in total. The summed E-state index contributed by atoms with van der Waals surface area (Å²) in [4.78, 5) is 48.5. The van der Waals surface area contributed by atoms with E-state index < -0.39 is 39.7 Å². The van der Waals surface area contributed by atoms with Gasteiger partial charge in [-0.1, -0.05) is 34.6 Å². The number of hydrogen-bond donors (Lipinski definition) is 3. The predicted molar refractivity (Wildman–Crippen MR) is 131 cm³/mol. The van der Waals surface area contributed by atoms with Crippen molar-refractivity contribution in [1.29, 1.82) is 0 Å². The molecule has 2 fully saturated rings. The van der Waals surface area contributed by atoms with Crippen molar-refractivity contribution >= 4 is 24.1 Å². The summed E-state index contributed by atoms with van der Waals surface area (Å²) in [5, 5.41) is 32.4. The zero-order chi connectivity index (χ0) is 26.5. The quantitative estimate of drug-likeness (QED) is 0.388. The second kappa shape index (κ2) is 9.40. The Hall–Kier alpha value is -2.70. The van der Waals surface area contributed by atoms with Crippen molar-refractivity contribution in [3.8, 4) is 17.2 Å². The average molecular weight is 487 g/mol. The third-order valence-electron chi connectivity index (χ3n) is 8.89. The van der Waals surface area contributed by atoms with Crippen LogP contribution in [0.1, 0.15) is 106 Å². The molecule has 0 heterocycles. The molecule has 0 aromatic heterocycles. The Kier molecular flexibility index (Phi) is 7.22. The molecule has 192 valence electrons. The van der Waals surface area contributed by atoms with Crippen molar-refractivity contribution < 1.29 is 34.5 Å². The third kappa shape index (κ3) is 4.38. The third-order valence-corrected chi connectivity index (χ3v) is 8.89. The van der Waals surface area contributed by atoms with Crippen molar-refractivity contribution in [2.24, 2.45) is 34.5 Å². The lowest BCUT2D eigenvalue weighted by atomic mass is 9.62. The number of aldehydes is 2. The number of aromatic hydroxyl groups is 3. The molecule has 0 radical (unpaired) electrons. The molecule has 1 aromatic carbocycles. The molecule has 0 saturated heterocycles. The minimum absolute atomic E-state index is 0.0432. The van der Waals surface area contributed by atoms with Crippen LogP contribution in [0.4, 0.5) is 0 Å². The minimum Gasteiger partial charge on any atom is -0.507 e. The maximum absolute atomic E-state index is 13.4. The molecule has 2 aliphatic carbocycles. The molecule has 0 amide bonds. The number of ketones is 2. The highest BCUT2D eigenvalue weighted by Crippen LogP contribution is 2.71. The molecular weight excluding hydrogens is 448 g/mol. The first-order valence-electron chi connectivity index (χ1n) is 12.5. The fourth-order valence-electron chi connectivity index (χ4n) is 6.94. The lowest BCUT2D eigenvalue weighted by Gasteiger charge is -2.41. The van der Waals surface area contributed by atoms with Gasteiger partial charge in [0.1, 0.15) is 28.8 Å². The van der Waals surface area contributed by atoms with Gasteiger partial charge in [-0.3, -0.25) is 14.4 Å². The van der Waals surface area contributed by atoms with Crippen LogP contribution in [-0.2, 0) is 9.59 Å². The Morgan fingerprint density at radius 3 is 2.03 bits per heavy atom. The minimum atomic E-state index is -0.756. The lowest BCUT2D eigenvalue weighted by Crippen LogP contribution is -2.36. The number of hydrogen-bond acceptors (Lipinski definition) is 7. The van der Waals surface area contributed by atoms with Gasteiger partial charge in [-0.2, -0.15) is 0 Å². The first kappa shape index (κ1) is 26.9. The van der Waals surface area contributed by atoms with Crippen LogP contribution in [0.15, 0.2) is 0 Å². The normalized spacial score (nSPS) is 28.2. The van der Waals surface area contributed by atoms with Gasteiger partial charge in [0.15, 0.2) is 12.6 Å². The summed E-state index contributed by atoms with van der Waals surface area (Å²) in [6, 6.07) is 0. The largest absolute Gasteiger partial charge is 0.507 e. The van der Waals surface area contributed by atoms with Crippen molar-refractivity contribution in [3.05, 3.63) is 16.7 Å². The summed E-state index contributed by atoms with van der Waals surface area (Å²) in [6.45, 7) is 11.8. The number of rotatable bonds is 10. The molecule has 0 bridgehead atoms. The monoisotopic (exact) mass is 486 g/mol. The second-order valence-electron chi connectivity index (χ2n) is 11.8. The number of carbonyl (C=O) groups excluding carboxylic acids is 4. The number of phenolic OH excluding ortho intramolecular Hbond substituents is 3. The fraction of sp³-hybridized carbons (Fsp3) is 0.643. The summed E-state index contributed by atoms with van der Waals surface area (Å²) in [6.07, 6.45) is 3.11. The Bertz CT molecular complexity index is 1020. The number of carbonyl (C=O) groups is 4. The van der Waals surface area contributed by atoms with Crippen LogP contribution in [0.25, 0.3) is 0 Å². The molecule has 0 unspecified atom stereocenters. The van der Waals surface area contributed by atoms with Crippen molar-refractivity contribution in [2.45, 2.75) is 79.6 Å². The van der Waals surface area contributed by atoms with E-state index in [9.17, 15) is 34.5 Å². The van der Waals surface area contributed by atoms with Crippen LogP contribution >= 0.6 is 0 Å². The predicted octanol–water partition coefficient (Wildman–Crippen LogP) is 5.18. The van der Waals surface area contributed by atoms with Gasteiger partial charge in [-0.15, -0.1) is 0 Å². The van der Waals surface area contributed by atoms with Crippen LogP contribution in [0, 0.1) is 34.5 Å². The summed E-state index contributed by atoms with van der Waals surface area (Å²) >= 11 is 0. The van der Waals surface area contributed by atoms with Crippen LogP contribution in [0.5, 0.6) is 17.2 Å². The van der Waals surface area contributed by atoms with Crippen LogP contribution in [0.2, 0.25) is 0 Å². The molecular formula is C28H38O7. The molecule has 5 atom stereocenters. The maximum atomic E-state index is 13.4. The SMILES string of the molecule is CC(=O)CC[C@@H]1[C@H]([C@H]2C(=O)CC[C@]2(C)[C@@H](CC(C)C)c2c(O)c(C=O)c(O)c(C=O)c2O)C1(C)C. The van der Waals surface area contributed by atoms with Gasteiger partial charge in [0.05, 0.1) is 11.1 Å². The number of benzene rings is 1. The highest BCUT2D eigenvalue weighted by atomic mass is 16.3. The topological polar surface area (TPSA) is 129 Å².